The van der Waals surface area contributed by atoms with Crippen LogP contribution in [0.25, 0.3) is 11.4 Å². The fourth-order valence-electron chi connectivity index (χ4n) is 1.73. The highest BCUT2D eigenvalue weighted by Crippen LogP contribution is 2.25. The number of benzene rings is 1. The molecule has 0 radical (unpaired) electrons. The van der Waals surface area contributed by atoms with Crippen LogP contribution in [-0.4, -0.2) is 25.8 Å². The Morgan fingerprint density at radius 2 is 2.00 bits per heavy atom. The fraction of sp³-hybridized carbons (Fsp3) is 0.250. The van der Waals surface area contributed by atoms with Gasteiger partial charge >= 0.3 is 5.97 Å². The first-order chi connectivity index (χ1) is 8.93. The normalized spacial score (nSPS) is 10.7. The van der Waals surface area contributed by atoms with Crippen LogP contribution in [0.1, 0.15) is 23.1 Å². The summed E-state index contributed by atoms with van der Waals surface area (Å²) in [5.41, 5.74) is -0.349. The van der Waals surface area contributed by atoms with E-state index in [2.05, 4.69) is 10.1 Å². The number of rotatable bonds is 3. The molecule has 1 aromatic heterocycles. The quantitative estimate of drug-likeness (QED) is 0.923. The summed E-state index contributed by atoms with van der Waals surface area (Å²) in [5.74, 6) is -3.00. The van der Waals surface area contributed by atoms with Crippen LogP contribution in [0.3, 0.4) is 0 Å². The Balaban J connectivity index is 2.69. The summed E-state index contributed by atoms with van der Waals surface area (Å²) in [7, 11) is 1.56. The van der Waals surface area contributed by atoms with Gasteiger partial charge in [0.25, 0.3) is 0 Å². The van der Waals surface area contributed by atoms with E-state index in [0.29, 0.717) is 18.3 Å². The molecule has 0 saturated heterocycles. The van der Waals surface area contributed by atoms with Crippen LogP contribution in [0.5, 0.6) is 0 Å². The van der Waals surface area contributed by atoms with Crippen molar-refractivity contribution in [1.82, 2.24) is 14.8 Å². The van der Waals surface area contributed by atoms with Crippen molar-refractivity contribution in [2.24, 2.45) is 7.05 Å². The van der Waals surface area contributed by atoms with Crippen LogP contribution in [0.2, 0.25) is 0 Å². The lowest BCUT2D eigenvalue weighted by Crippen LogP contribution is -2.05. The molecule has 100 valence electrons. The topological polar surface area (TPSA) is 68.0 Å². The van der Waals surface area contributed by atoms with Gasteiger partial charge in [0.05, 0.1) is 5.56 Å². The number of hydrogen-bond donors (Lipinski definition) is 1. The molecule has 7 heteroatoms. The fourth-order valence-corrected chi connectivity index (χ4v) is 1.73. The molecule has 19 heavy (non-hydrogen) atoms. The maximum atomic E-state index is 13.3. The number of hydrogen-bond acceptors (Lipinski definition) is 3. The largest absolute Gasteiger partial charge is 0.478 e. The summed E-state index contributed by atoms with van der Waals surface area (Å²) in [4.78, 5) is 15.2. The molecule has 1 N–H and O–H groups in total. The van der Waals surface area contributed by atoms with Crippen LogP contribution in [-0.2, 0) is 13.5 Å². The molecule has 0 amide bonds. The second-order valence-corrected chi connectivity index (χ2v) is 3.95. The van der Waals surface area contributed by atoms with Crippen LogP contribution in [0.15, 0.2) is 12.1 Å². The molecule has 1 aromatic carbocycles. The lowest BCUT2D eigenvalue weighted by Gasteiger charge is -2.06. The van der Waals surface area contributed by atoms with E-state index in [4.69, 9.17) is 5.11 Å². The van der Waals surface area contributed by atoms with Crippen molar-refractivity contribution >= 4 is 5.97 Å². The second-order valence-electron chi connectivity index (χ2n) is 3.95. The minimum Gasteiger partial charge on any atom is -0.478 e. The maximum absolute atomic E-state index is 13.3. The van der Waals surface area contributed by atoms with Crippen molar-refractivity contribution in [3.8, 4) is 11.4 Å². The smallest absolute Gasteiger partial charge is 0.336 e. The van der Waals surface area contributed by atoms with Gasteiger partial charge in [0.1, 0.15) is 0 Å². The van der Waals surface area contributed by atoms with Crippen molar-refractivity contribution in [2.45, 2.75) is 13.3 Å². The highest BCUT2D eigenvalue weighted by atomic mass is 19.2. The molecule has 0 aliphatic rings. The standard InChI is InChI=1S/C12H11F2N3O2/c1-3-10-15-11(17(2)16-10)6-4-8(13)9(14)5-7(6)12(18)19/h4-5H,3H2,1-2H3,(H,18,19). The molecular weight excluding hydrogens is 256 g/mol. The molecule has 1 heterocycles. The molecule has 0 fully saturated rings. The average Bonchev–Trinajstić information content (AvgIpc) is 2.73. The zero-order valence-corrected chi connectivity index (χ0v) is 10.3. The molecule has 0 aliphatic carbocycles. The average molecular weight is 267 g/mol. The Hall–Kier alpha value is -2.31. The van der Waals surface area contributed by atoms with Crippen LogP contribution in [0, 0.1) is 11.6 Å². The Morgan fingerprint density at radius 3 is 2.53 bits per heavy atom. The lowest BCUT2D eigenvalue weighted by atomic mass is 10.1. The SMILES string of the molecule is CCc1nc(-c2cc(F)c(F)cc2C(=O)O)n(C)n1. The molecule has 0 bridgehead atoms. The third-order valence-corrected chi connectivity index (χ3v) is 2.65. The molecule has 0 spiro atoms. The third kappa shape index (κ3) is 2.31. The van der Waals surface area contributed by atoms with Crippen molar-refractivity contribution in [2.75, 3.05) is 0 Å². The van der Waals surface area contributed by atoms with Gasteiger partial charge in [0.15, 0.2) is 23.3 Å². The summed E-state index contributed by atoms with van der Waals surface area (Å²) < 4.78 is 27.8. The van der Waals surface area contributed by atoms with E-state index in [0.717, 1.165) is 6.07 Å². The van der Waals surface area contributed by atoms with Crippen LogP contribution in [0.4, 0.5) is 8.78 Å². The zero-order chi connectivity index (χ0) is 14.2. The van der Waals surface area contributed by atoms with Crippen molar-refractivity contribution in [3.63, 3.8) is 0 Å². The first kappa shape index (κ1) is 13.1. The van der Waals surface area contributed by atoms with E-state index in [1.807, 2.05) is 6.92 Å². The summed E-state index contributed by atoms with van der Waals surface area (Å²) in [5, 5.41) is 13.1. The van der Waals surface area contributed by atoms with Gasteiger partial charge in [-0.1, -0.05) is 6.92 Å². The van der Waals surface area contributed by atoms with Gasteiger partial charge in [-0.25, -0.2) is 23.2 Å². The summed E-state index contributed by atoms with van der Waals surface area (Å²) >= 11 is 0. The molecule has 2 aromatic rings. The van der Waals surface area contributed by atoms with Gasteiger partial charge in [0.2, 0.25) is 0 Å². The monoisotopic (exact) mass is 267 g/mol. The molecule has 0 unspecified atom stereocenters. The molecule has 5 nitrogen and oxygen atoms in total. The highest BCUT2D eigenvalue weighted by molar-refractivity contribution is 5.95. The zero-order valence-electron chi connectivity index (χ0n) is 10.3. The Morgan fingerprint density at radius 1 is 1.37 bits per heavy atom. The number of carboxylic acid groups (broad SMARTS) is 1. The Bertz CT molecular complexity index is 653. The maximum Gasteiger partial charge on any atom is 0.336 e. The number of aryl methyl sites for hydroxylation is 2. The van der Waals surface area contributed by atoms with E-state index in [9.17, 15) is 13.6 Å². The van der Waals surface area contributed by atoms with Gasteiger partial charge in [-0.15, -0.1) is 0 Å². The van der Waals surface area contributed by atoms with Gasteiger partial charge in [-0.3, -0.25) is 0 Å². The van der Waals surface area contributed by atoms with Crippen LogP contribution >= 0.6 is 0 Å². The minimum absolute atomic E-state index is 0.00102. The van der Waals surface area contributed by atoms with E-state index in [-0.39, 0.29) is 17.0 Å². The van der Waals surface area contributed by atoms with Gasteiger partial charge < -0.3 is 5.11 Å². The van der Waals surface area contributed by atoms with Crippen molar-refractivity contribution in [1.29, 1.82) is 0 Å². The Kier molecular flexibility index (Phi) is 3.28. The van der Waals surface area contributed by atoms with Crippen LogP contribution < -0.4 is 0 Å². The summed E-state index contributed by atoms with van der Waals surface area (Å²) in [6.07, 6.45) is 0.555. The first-order valence-corrected chi connectivity index (χ1v) is 5.56. The van der Waals surface area contributed by atoms with E-state index in [1.165, 1.54) is 4.68 Å². The number of carboxylic acids is 1. The number of nitrogens with zero attached hydrogens (tertiary/aromatic N) is 3. The van der Waals surface area contributed by atoms with Gasteiger partial charge in [0, 0.05) is 19.0 Å². The number of carbonyl (C=O) groups is 1. The molecule has 2 rings (SSSR count). The first-order valence-electron chi connectivity index (χ1n) is 5.56. The summed E-state index contributed by atoms with van der Waals surface area (Å²) in [6.45, 7) is 1.84. The second kappa shape index (κ2) is 4.75. The van der Waals surface area contributed by atoms with Gasteiger partial charge in [-0.2, -0.15) is 5.10 Å². The molecular formula is C12H11F2N3O2. The van der Waals surface area contributed by atoms with Gasteiger partial charge in [-0.05, 0) is 12.1 Å². The van der Waals surface area contributed by atoms with E-state index < -0.39 is 17.6 Å². The molecule has 0 aliphatic heterocycles. The Labute approximate surface area is 107 Å². The lowest BCUT2D eigenvalue weighted by molar-refractivity contribution is 0.0697. The summed E-state index contributed by atoms with van der Waals surface area (Å²) in [6, 6.07) is 1.47. The highest BCUT2D eigenvalue weighted by Gasteiger charge is 2.20. The number of aromatic carboxylic acids is 1. The van der Waals surface area contributed by atoms with E-state index >= 15 is 0 Å². The molecule has 0 saturated carbocycles. The van der Waals surface area contributed by atoms with Crippen molar-refractivity contribution in [3.05, 3.63) is 35.2 Å². The number of halogens is 2. The molecule has 0 atom stereocenters. The van der Waals surface area contributed by atoms with Crippen molar-refractivity contribution < 1.29 is 18.7 Å². The minimum atomic E-state index is -1.35. The predicted molar refractivity (Wildman–Crippen MR) is 62.7 cm³/mol. The predicted octanol–water partition coefficient (Wildman–Crippen LogP) is 2.02. The third-order valence-electron chi connectivity index (χ3n) is 2.65. The number of aromatic nitrogens is 3. The van der Waals surface area contributed by atoms with E-state index in [1.54, 1.807) is 7.05 Å².